The molecule has 0 fully saturated rings. The van der Waals surface area contributed by atoms with Crippen LogP contribution in [0.4, 0.5) is 0 Å². The van der Waals surface area contributed by atoms with Crippen molar-refractivity contribution in [1.82, 2.24) is 0 Å². The van der Waals surface area contributed by atoms with Gasteiger partial charge < -0.3 is 38.5 Å². The Morgan fingerprint density at radius 2 is 0.491 bits per heavy atom. The molecule has 11 heteroatoms. The molecule has 0 amide bonds. The lowest BCUT2D eigenvalue weighted by Gasteiger charge is -2.33. The molecule has 0 aliphatic heterocycles. The largest absolute Gasteiger partial charge is 0.759 e. The van der Waals surface area contributed by atoms with Gasteiger partial charge in [0.15, 0.2) is 0 Å². The first-order valence-electron chi connectivity index (χ1n) is 22.1. The van der Waals surface area contributed by atoms with Gasteiger partial charge in [0.1, 0.15) is 26.2 Å². The van der Waals surface area contributed by atoms with E-state index in [-0.39, 0.29) is 26.4 Å². The number of quaternary nitrogens is 2. The van der Waals surface area contributed by atoms with Crippen LogP contribution in [0.2, 0.25) is 0 Å². The lowest BCUT2D eigenvalue weighted by Crippen LogP contribution is -2.48. The van der Waals surface area contributed by atoms with E-state index in [4.69, 9.17) is 37.9 Å². The van der Waals surface area contributed by atoms with E-state index in [1.165, 1.54) is 180 Å². The van der Waals surface area contributed by atoms with Gasteiger partial charge in [-0.1, -0.05) is 168 Å². The van der Waals surface area contributed by atoms with Crippen molar-refractivity contribution in [2.24, 2.45) is 0 Å². The molecule has 0 aliphatic rings. The summed E-state index contributed by atoms with van der Waals surface area (Å²) in [5.41, 5.74) is 0. The second-order valence-electron chi connectivity index (χ2n) is 16.1. The third kappa shape index (κ3) is 51.6. The van der Waals surface area contributed by atoms with Gasteiger partial charge in [-0.15, -0.1) is 0 Å². The van der Waals surface area contributed by atoms with Crippen LogP contribution in [0.3, 0.4) is 0 Å². The third-order valence-corrected chi connectivity index (χ3v) is 10.7. The molecule has 10 nitrogen and oxygen atoms in total. The van der Waals surface area contributed by atoms with Gasteiger partial charge in [-0.2, -0.15) is 0 Å². The van der Waals surface area contributed by atoms with Gasteiger partial charge >= 0.3 is 0 Å². The number of aliphatic hydroxyl groups is 4. The van der Waals surface area contributed by atoms with E-state index < -0.39 is 10.4 Å². The molecular weight excluding hydrogens is 693 g/mol. The average molecular weight is 785 g/mol. The van der Waals surface area contributed by atoms with Crippen LogP contribution in [0, 0.1) is 0 Å². The molecule has 0 radical (unpaired) electrons. The normalized spacial score (nSPS) is 12.0. The highest BCUT2D eigenvalue weighted by Crippen LogP contribution is 2.15. The van der Waals surface area contributed by atoms with Crippen molar-refractivity contribution in [2.45, 2.75) is 194 Å². The van der Waals surface area contributed by atoms with Crippen LogP contribution in [-0.4, -0.2) is 127 Å². The quantitative estimate of drug-likeness (QED) is 0.0210. The minimum atomic E-state index is -5.17. The SMILES string of the molecule is CCCCCCCCCCCCCCCC[N+](C)(CCO)CCO.CCCCCCCCCCCCCCCC[N+](C)(CCO)CCO.O=S(=O)([O-])[O-]. The van der Waals surface area contributed by atoms with Crippen molar-refractivity contribution >= 4 is 10.4 Å². The van der Waals surface area contributed by atoms with Crippen LogP contribution in [0.1, 0.15) is 194 Å². The van der Waals surface area contributed by atoms with Crippen molar-refractivity contribution in [3.05, 3.63) is 0 Å². The molecule has 0 saturated carbocycles. The first-order valence-corrected chi connectivity index (χ1v) is 23.5. The predicted octanol–water partition coefficient (Wildman–Crippen LogP) is 8.46. The van der Waals surface area contributed by atoms with E-state index in [0.29, 0.717) is 0 Å². The first kappa shape index (κ1) is 57.0. The molecule has 0 atom stereocenters. The van der Waals surface area contributed by atoms with Crippen LogP contribution in [0.25, 0.3) is 0 Å². The molecule has 0 aromatic rings. The Hall–Kier alpha value is -0.370. The Morgan fingerprint density at radius 3 is 0.642 bits per heavy atom. The Balaban J connectivity index is -0.000000835. The number of likely N-dealkylation sites (N-methyl/N-ethyl adjacent to an activating group) is 2. The number of hydrogen-bond acceptors (Lipinski definition) is 8. The van der Waals surface area contributed by atoms with Crippen molar-refractivity contribution in [3.8, 4) is 0 Å². The van der Waals surface area contributed by atoms with Crippen LogP contribution in [-0.2, 0) is 10.4 Å². The Bertz CT molecular complexity index is 734. The Kier molecular flexibility index (Phi) is 46.0. The number of nitrogens with zero attached hydrogens (tertiary/aromatic N) is 2. The molecule has 324 valence electrons. The number of rotatable bonds is 38. The average Bonchev–Trinajstić information content (AvgIpc) is 3.08. The molecular formula is C42H92N2O8S. The van der Waals surface area contributed by atoms with Crippen molar-refractivity contribution < 1.29 is 46.9 Å². The maximum atomic E-state index is 9.15. The third-order valence-electron chi connectivity index (χ3n) is 10.7. The highest BCUT2D eigenvalue weighted by Gasteiger charge is 2.20. The van der Waals surface area contributed by atoms with E-state index in [0.717, 1.165) is 48.2 Å². The van der Waals surface area contributed by atoms with Crippen LogP contribution in [0.5, 0.6) is 0 Å². The molecule has 53 heavy (non-hydrogen) atoms. The molecule has 4 N–H and O–H groups in total. The molecule has 0 saturated heterocycles. The second kappa shape index (κ2) is 42.8. The lowest BCUT2D eigenvalue weighted by atomic mass is 10.0. The highest BCUT2D eigenvalue weighted by molar-refractivity contribution is 7.79. The smallest absolute Gasteiger partial charge is 0.102 e. The highest BCUT2D eigenvalue weighted by atomic mass is 32.3. The summed E-state index contributed by atoms with van der Waals surface area (Å²) in [6.45, 7) is 10.6. The molecule has 0 spiro atoms. The first-order chi connectivity index (χ1) is 25.4. The van der Waals surface area contributed by atoms with Gasteiger partial charge in [-0.3, -0.25) is 8.42 Å². The summed E-state index contributed by atoms with van der Waals surface area (Å²) in [5, 5.41) is 36.6. The van der Waals surface area contributed by atoms with Crippen LogP contribution in [0.15, 0.2) is 0 Å². The topological polar surface area (TPSA) is 161 Å². The summed E-state index contributed by atoms with van der Waals surface area (Å²) in [7, 11) is -0.872. The summed E-state index contributed by atoms with van der Waals surface area (Å²) in [5.74, 6) is 0. The Morgan fingerprint density at radius 1 is 0.340 bits per heavy atom. The summed E-state index contributed by atoms with van der Waals surface area (Å²) >= 11 is 0. The maximum absolute atomic E-state index is 9.15. The minimum Gasteiger partial charge on any atom is -0.759 e. The predicted molar refractivity (Wildman–Crippen MR) is 221 cm³/mol. The molecule has 0 heterocycles. The van der Waals surface area contributed by atoms with Gasteiger partial charge in [0, 0.05) is 10.4 Å². The van der Waals surface area contributed by atoms with Gasteiger partial charge in [-0.25, -0.2) is 0 Å². The molecule has 0 rings (SSSR count). The van der Waals surface area contributed by atoms with E-state index in [2.05, 4.69) is 27.9 Å². The van der Waals surface area contributed by atoms with Gasteiger partial charge in [-0.05, 0) is 25.7 Å². The zero-order valence-corrected chi connectivity index (χ0v) is 36.4. The monoisotopic (exact) mass is 785 g/mol. The van der Waals surface area contributed by atoms with Crippen molar-refractivity contribution in [3.63, 3.8) is 0 Å². The zero-order chi connectivity index (χ0) is 40.4. The molecule has 0 bridgehead atoms. The van der Waals surface area contributed by atoms with E-state index >= 15 is 0 Å². The van der Waals surface area contributed by atoms with Crippen molar-refractivity contribution in [2.75, 3.05) is 79.8 Å². The van der Waals surface area contributed by atoms with Crippen LogP contribution >= 0.6 is 0 Å². The fraction of sp³-hybridized carbons (Fsp3) is 1.00. The standard InChI is InChI=1S/2C21H46NO2.H2O4S/c2*1-3-4-5-6-7-8-9-10-11-12-13-14-15-16-17-22(2,18-20-23)19-21-24;1-5(2,3)4/h2*23-24H,3-21H2,1-2H3;(H2,1,2,3,4)/q2*+1;/p-2. The Labute approximate surface area is 329 Å². The fourth-order valence-electron chi connectivity index (χ4n) is 7.01. The summed E-state index contributed by atoms with van der Waals surface area (Å²) < 4.78 is 35.7. The second-order valence-corrected chi connectivity index (χ2v) is 16.9. The molecule has 0 aliphatic carbocycles. The van der Waals surface area contributed by atoms with E-state index in [1.807, 2.05) is 0 Å². The number of unbranched alkanes of at least 4 members (excludes halogenated alkanes) is 26. The zero-order valence-electron chi connectivity index (χ0n) is 35.6. The van der Waals surface area contributed by atoms with Gasteiger partial charge in [0.2, 0.25) is 0 Å². The lowest BCUT2D eigenvalue weighted by molar-refractivity contribution is -0.910. The van der Waals surface area contributed by atoms with Crippen molar-refractivity contribution in [1.29, 1.82) is 0 Å². The van der Waals surface area contributed by atoms with Gasteiger partial charge in [0.05, 0.1) is 53.6 Å². The summed E-state index contributed by atoms with van der Waals surface area (Å²) in [6, 6.07) is 0. The summed E-state index contributed by atoms with van der Waals surface area (Å²) in [4.78, 5) is 0. The summed E-state index contributed by atoms with van der Waals surface area (Å²) in [6.07, 6.45) is 38.9. The maximum Gasteiger partial charge on any atom is 0.102 e. The van der Waals surface area contributed by atoms with Gasteiger partial charge in [0.25, 0.3) is 0 Å². The van der Waals surface area contributed by atoms with E-state index in [9.17, 15) is 0 Å². The fourth-order valence-corrected chi connectivity index (χ4v) is 7.01. The molecule has 0 aromatic carbocycles. The number of hydrogen-bond donors (Lipinski definition) is 4. The molecule has 0 unspecified atom stereocenters. The van der Waals surface area contributed by atoms with E-state index in [1.54, 1.807) is 0 Å². The minimum absolute atomic E-state index is 0.217. The number of aliphatic hydroxyl groups excluding tert-OH is 4. The van der Waals surface area contributed by atoms with Crippen LogP contribution < -0.4 is 0 Å². The molecule has 0 aromatic heterocycles.